The highest BCUT2D eigenvalue weighted by atomic mass is 79.9. The van der Waals surface area contributed by atoms with Crippen LogP contribution < -0.4 is 5.32 Å². The van der Waals surface area contributed by atoms with Crippen molar-refractivity contribution in [1.82, 2.24) is 4.57 Å². The van der Waals surface area contributed by atoms with Crippen molar-refractivity contribution in [2.75, 3.05) is 5.32 Å². The molecule has 1 aromatic carbocycles. The first-order valence-electron chi connectivity index (χ1n) is 5.45. The number of halogens is 2. The van der Waals surface area contributed by atoms with E-state index in [4.69, 9.17) is 0 Å². The Balaban J connectivity index is 2.34. The van der Waals surface area contributed by atoms with E-state index in [-0.39, 0.29) is 17.1 Å². The average Bonchev–Trinajstić information content (AvgIpc) is 2.68. The van der Waals surface area contributed by atoms with Crippen molar-refractivity contribution in [2.45, 2.75) is 0 Å². The summed E-state index contributed by atoms with van der Waals surface area (Å²) in [6, 6.07) is 4.44. The third-order valence-corrected chi connectivity index (χ3v) is 3.04. The number of nitro benzene ring substituents is 1. The Hall–Kier alpha value is -2.22. The van der Waals surface area contributed by atoms with E-state index >= 15 is 0 Å². The average molecular weight is 342 g/mol. The molecule has 1 N–H and O–H groups in total. The Bertz CT molecular complexity index is 699. The standard InChI is InChI=1S/C12H9BrFN3O3/c1-16-6-7(13)4-11(16)12(18)15-9-5-8(14)2-3-10(9)17(19)20/h2-6H,1H3,(H,15,18). The van der Waals surface area contributed by atoms with Gasteiger partial charge in [0.2, 0.25) is 0 Å². The van der Waals surface area contributed by atoms with E-state index in [9.17, 15) is 19.3 Å². The maximum absolute atomic E-state index is 13.2. The first-order chi connectivity index (χ1) is 9.38. The number of aryl methyl sites for hydroxylation is 1. The minimum Gasteiger partial charge on any atom is -0.345 e. The molecule has 20 heavy (non-hydrogen) atoms. The molecule has 2 rings (SSSR count). The molecule has 1 heterocycles. The molecule has 0 spiro atoms. The summed E-state index contributed by atoms with van der Waals surface area (Å²) >= 11 is 3.22. The van der Waals surface area contributed by atoms with Crippen molar-refractivity contribution in [3.05, 3.63) is 56.6 Å². The topological polar surface area (TPSA) is 77.2 Å². The van der Waals surface area contributed by atoms with Gasteiger partial charge >= 0.3 is 0 Å². The number of rotatable bonds is 3. The van der Waals surface area contributed by atoms with Crippen molar-refractivity contribution in [2.24, 2.45) is 7.05 Å². The van der Waals surface area contributed by atoms with E-state index in [2.05, 4.69) is 21.2 Å². The molecule has 0 saturated carbocycles. The van der Waals surface area contributed by atoms with Crippen molar-refractivity contribution < 1.29 is 14.1 Å². The molecule has 104 valence electrons. The van der Waals surface area contributed by atoms with Crippen LogP contribution in [0, 0.1) is 15.9 Å². The fourth-order valence-electron chi connectivity index (χ4n) is 1.70. The summed E-state index contributed by atoms with van der Waals surface area (Å²) in [4.78, 5) is 22.2. The molecule has 0 unspecified atom stereocenters. The lowest BCUT2D eigenvalue weighted by Crippen LogP contribution is -2.16. The lowest BCUT2D eigenvalue weighted by Gasteiger charge is -2.06. The van der Waals surface area contributed by atoms with Gasteiger partial charge in [-0.05, 0) is 28.1 Å². The largest absolute Gasteiger partial charge is 0.345 e. The molecular formula is C12H9BrFN3O3. The monoisotopic (exact) mass is 341 g/mol. The molecular weight excluding hydrogens is 333 g/mol. The van der Waals surface area contributed by atoms with Crippen LogP contribution in [0.2, 0.25) is 0 Å². The predicted molar refractivity (Wildman–Crippen MR) is 74.1 cm³/mol. The third kappa shape index (κ3) is 2.85. The van der Waals surface area contributed by atoms with Gasteiger partial charge in [-0.3, -0.25) is 14.9 Å². The maximum Gasteiger partial charge on any atom is 0.292 e. The van der Waals surface area contributed by atoms with Gasteiger partial charge in [0.1, 0.15) is 17.2 Å². The van der Waals surface area contributed by atoms with Gasteiger partial charge < -0.3 is 9.88 Å². The SMILES string of the molecule is Cn1cc(Br)cc1C(=O)Nc1cc(F)ccc1[N+](=O)[O-]. The fourth-order valence-corrected chi connectivity index (χ4v) is 2.23. The maximum atomic E-state index is 13.2. The lowest BCUT2D eigenvalue weighted by molar-refractivity contribution is -0.384. The number of amides is 1. The lowest BCUT2D eigenvalue weighted by atomic mass is 10.2. The van der Waals surface area contributed by atoms with Crippen molar-refractivity contribution >= 4 is 33.2 Å². The van der Waals surface area contributed by atoms with E-state index in [1.54, 1.807) is 23.9 Å². The highest BCUT2D eigenvalue weighted by Crippen LogP contribution is 2.26. The number of carbonyl (C=O) groups excluding carboxylic acids is 1. The number of carbonyl (C=O) groups is 1. The number of aromatic nitrogens is 1. The van der Waals surface area contributed by atoms with Gasteiger partial charge in [-0.2, -0.15) is 0 Å². The van der Waals surface area contributed by atoms with Crippen LogP contribution in [-0.4, -0.2) is 15.4 Å². The number of nitrogens with one attached hydrogen (secondary N) is 1. The molecule has 6 nitrogen and oxygen atoms in total. The molecule has 0 saturated heterocycles. The van der Waals surface area contributed by atoms with Crippen LogP contribution in [0.1, 0.15) is 10.5 Å². The van der Waals surface area contributed by atoms with E-state index in [0.29, 0.717) is 4.47 Å². The Morgan fingerprint density at radius 1 is 1.45 bits per heavy atom. The van der Waals surface area contributed by atoms with Crippen LogP contribution in [0.25, 0.3) is 0 Å². The quantitative estimate of drug-likeness (QED) is 0.688. The molecule has 0 fully saturated rings. The van der Waals surface area contributed by atoms with Crippen LogP contribution in [0.3, 0.4) is 0 Å². The van der Waals surface area contributed by atoms with Gasteiger partial charge in [-0.1, -0.05) is 0 Å². The minimum atomic E-state index is -0.685. The summed E-state index contributed by atoms with van der Waals surface area (Å²) in [6.45, 7) is 0. The number of anilines is 1. The molecule has 1 aromatic heterocycles. The summed E-state index contributed by atoms with van der Waals surface area (Å²) in [7, 11) is 1.65. The number of benzene rings is 1. The van der Waals surface area contributed by atoms with E-state index in [1.165, 1.54) is 0 Å². The Labute approximate surface area is 121 Å². The van der Waals surface area contributed by atoms with Crippen molar-refractivity contribution in [1.29, 1.82) is 0 Å². The van der Waals surface area contributed by atoms with Crippen molar-refractivity contribution in [3.8, 4) is 0 Å². The molecule has 1 amide bonds. The smallest absolute Gasteiger partial charge is 0.292 e. The van der Waals surface area contributed by atoms with Crippen LogP contribution in [0.5, 0.6) is 0 Å². The molecule has 2 aromatic rings. The highest BCUT2D eigenvalue weighted by molar-refractivity contribution is 9.10. The Kier molecular flexibility index (Phi) is 3.84. The van der Waals surface area contributed by atoms with E-state index < -0.39 is 16.6 Å². The van der Waals surface area contributed by atoms with Gasteiger partial charge in [0.05, 0.1) is 4.92 Å². The number of nitrogens with zero attached hydrogens (tertiary/aromatic N) is 2. The number of hydrogen-bond acceptors (Lipinski definition) is 3. The zero-order valence-corrected chi connectivity index (χ0v) is 11.8. The predicted octanol–water partition coefficient (Wildman–Crippen LogP) is 3.09. The molecule has 0 aliphatic heterocycles. The summed E-state index contributed by atoms with van der Waals surface area (Å²) < 4.78 is 15.4. The molecule has 0 radical (unpaired) electrons. The van der Waals surface area contributed by atoms with Crippen molar-refractivity contribution in [3.63, 3.8) is 0 Å². The van der Waals surface area contributed by atoms with Crippen LogP contribution >= 0.6 is 15.9 Å². The first-order valence-corrected chi connectivity index (χ1v) is 6.25. The Morgan fingerprint density at radius 2 is 2.15 bits per heavy atom. The van der Waals surface area contributed by atoms with Gasteiger partial charge in [0.25, 0.3) is 11.6 Å². The zero-order chi connectivity index (χ0) is 14.9. The molecule has 8 heteroatoms. The summed E-state index contributed by atoms with van der Waals surface area (Å²) in [6.07, 6.45) is 1.66. The number of hydrogen-bond donors (Lipinski definition) is 1. The molecule has 0 atom stereocenters. The second-order valence-corrected chi connectivity index (χ2v) is 4.94. The molecule has 0 bridgehead atoms. The van der Waals surface area contributed by atoms with E-state index in [1.807, 2.05) is 0 Å². The highest BCUT2D eigenvalue weighted by Gasteiger charge is 2.19. The van der Waals surface area contributed by atoms with Crippen LogP contribution in [0.15, 0.2) is 34.9 Å². The zero-order valence-electron chi connectivity index (χ0n) is 10.3. The van der Waals surface area contributed by atoms with Gasteiger partial charge in [0.15, 0.2) is 0 Å². The van der Waals surface area contributed by atoms with Gasteiger partial charge in [-0.15, -0.1) is 0 Å². The van der Waals surface area contributed by atoms with Gasteiger partial charge in [0, 0.05) is 29.8 Å². The van der Waals surface area contributed by atoms with E-state index in [0.717, 1.165) is 18.2 Å². The van der Waals surface area contributed by atoms with Crippen LogP contribution in [0.4, 0.5) is 15.8 Å². The Morgan fingerprint density at radius 3 is 2.70 bits per heavy atom. The van der Waals surface area contributed by atoms with Crippen LogP contribution in [-0.2, 0) is 7.05 Å². The summed E-state index contributed by atoms with van der Waals surface area (Å²) in [5.41, 5.74) is -0.263. The summed E-state index contributed by atoms with van der Waals surface area (Å²) in [5, 5.41) is 13.2. The third-order valence-electron chi connectivity index (χ3n) is 2.61. The van der Waals surface area contributed by atoms with Gasteiger partial charge in [-0.25, -0.2) is 4.39 Å². The normalized spacial score (nSPS) is 10.3. The summed E-state index contributed by atoms with van der Waals surface area (Å²) in [5.74, 6) is -1.23. The fraction of sp³-hybridized carbons (Fsp3) is 0.0833. The second-order valence-electron chi connectivity index (χ2n) is 4.03. The molecule has 0 aliphatic rings. The first kappa shape index (κ1) is 14.2. The minimum absolute atomic E-state index is 0.183. The number of nitro groups is 1. The molecule has 0 aliphatic carbocycles. The second kappa shape index (κ2) is 5.41.